The third-order valence-corrected chi connectivity index (χ3v) is 3.79. The number of hydrogen-bond acceptors (Lipinski definition) is 6. The third kappa shape index (κ3) is 3.55. The van der Waals surface area contributed by atoms with Crippen LogP contribution in [0.2, 0.25) is 0 Å². The van der Waals surface area contributed by atoms with Gasteiger partial charge in [0.2, 0.25) is 5.95 Å². The van der Waals surface area contributed by atoms with Crippen molar-refractivity contribution in [2.75, 3.05) is 5.32 Å². The van der Waals surface area contributed by atoms with Gasteiger partial charge in [-0.1, -0.05) is 12.1 Å². The molecule has 0 saturated heterocycles. The fraction of sp³-hybridized carbons (Fsp3) is 0.118. The molecule has 0 aliphatic carbocycles. The highest BCUT2D eigenvalue weighted by Gasteiger charge is 2.35. The number of imidazole rings is 1. The van der Waals surface area contributed by atoms with Gasteiger partial charge in [0.25, 0.3) is 0 Å². The summed E-state index contributed by atoms with van der Waals surface area (Å²) in [7, 11) is 1.77. The summed E-state index contributed by atoms with van der Waals surface area (Å²) in [5.74, 6) is -1.01. The minimum atomic E-state index is -4.81. The van der Waals surface area contributed by atoms with E-state index in [2.05, 4.69) is 15.3 Å². The molecule has 0 bridgehead atoms. The van der Waals surface area contributed by atoms with Crippen LogP contribution in [0.15, 0.2) is 40.8 Å². The van der Waals surface area contributed by atoms with Crippen LogP contribution in [0.1, 0.15) is 5.56 Å². The van der Waals surface area contributed by atoms with Crippen LogP contribution >= 0.6 is 0 Å². The third-order valence-electron chi connectivity index (χ3n) is 3.79. The minimum Gasteiger partial charge on any atom is -0.423 e. The zero-order chi connectivity index (χ0) is 20.5. The van der Waals surface area contributed by atoms with Crippen molar-refractivity contribution < 1.29 is 31.6 Å². The van der Waals surface area contributed by atoms with Gasteiger partial charge in [-0.3, -0.25) is 5.32 Å². The highest BCUT2D eigenvalue weighted by Crippen LogP contribution is 2.34. The van der Waals surface area contributed by atoms with Crippen molar-refractivity contribution in [1.29, 1.82) is 0 Å². The molecular formula is C17H10F4N4O3. The maximum absolute atomic E-state index is 13.6. The number of nitrogens with one attached hydrogen (secondary N) is 1. The fourth-order valence-electron chi connectivity index (χ4n) is 2.57. The Bertz CT molecular complexity index is 1190. The van der Waals surface area contributed by atoms with Crippen LogP contribution in [0.25, 0.3) is 22.1 Å². The first-order valence-electron chi connectivity index (χ1n) is 7.59. The van der Waals surface area contributed by atoms with Gasteiger partial charge in [0, 0.05) is 13.1 Å². The average molecular weight is 394 g/mol. The smallest absolute Gasteiger partial charge is 0.419 e. The molecule has 2 aromatic carbocycles. The van der Waals surface area contributed by atoms with Crippen LogP contribution in [0.4, 0.5) is 29.5 Å². The Morgan fingerprint density at radius 1 is 1.11 bits per heavy atom. The second-order valence-electron chi connectivity index (χ2n) is 5.51. The van der Waals surface area contributed by atoms with E-state index in [1.54, 1.807) is 11.6 Å². The van der Waals surface area contributed by atoms with Crippen LogP contribution in [0.3, 0.4) is 0 Å². The zero-order valence-corrected chi connectivity index (χ0v) is 14.0. The highest BCUT2D eigenvalue weighted by atomic mass is 19.4. The molecule has 2 aromatic heterocycles. The average Bonchev–Trinajstić information content (AvgIpc) is 3.15. The first-order valence-corrected chi connectivity index (χ1v) is 7.59. The van der Waals surface area contributed by atoms with E-state index in [-0.39, 0.29) is 23.3 Å². The van der Waals surface area contributed by atoms with Gasteiger partial charge in [-0.25, -0.2) is 9.37 Å². The van der Waals surface area contributed by atoms with Crippen LogP contribution in [0.5, 0.6) is 0 Å². The van der Waals surface area contributed by atoms with Gasteiger partial charge in [0.05, 0.1) is 16.6 Å². The molecule has 28 heavy (non-hydrogen) atoms. The number of benzene rings is 2. The van der Waals surface area contributed by atoms with E-state index in [0.29, 0.717) is 18.1 Å². The number of fused-ring (bicyclic) bond motifs is 2. The summed E-state index contributed by atoms with van der Waals surface area (Å²) in [6.07, 6.45) is -4.56. The molecule has 0 radical (unpaired) electrons. The van der Waals surface area contributed by atoms with Crippen LogP contribution in [-0.4, -0.2) is 20.7 Å². The number of nitrogens with zero attached hydrogens (tertiary/aromatic N) is 3. The van der Waals surface area contributed by atoms with E-state index in [4.69, 9.17) is 14.0 Å². The van der Waals surface area contributed by atoms with Crippen molar-refractivity contribution in [3.63, 3.8) is 0 Å². The number of para-hydroxylation sites is 2. The summed E-state index contributed by atoms with van der Waals surface area (Å²) < 4.78 is 58.9. The Kier molecular flexibility index (Phi) is 4.85. The van der Waals surface area contributed by atoms with Crippen LogP contribution in [0, 0.1) is 5.82 Å². The van der Waals surface area contributed by atoms with E-state index >= 15 is 0 Å². The molecule has 0 aliphatic heterocycles. The molecule has 2 heterocycles. The van der Waals surface area contributed by atoms with Crippen molar-refractivity contribution >= 4 is 40.2 Å². The van der Waals surface area contributed by atoms with Gasteiger partial charge in [0.1, 0.15) is 11.3 Å². The quantitative estimate of drug-likeness (QED) is 0.516. The second kappa shape index (κ2) is 7.12. The lowest BCUT2D eigenvalue weighted by Crippen LogP contribution is -2.07. The Hall–Kier alpha value is -3.72. The number of anilines is 2. The van der Waals surface area contributed by atoms with Crippen molar-refractivity contribution in [1.82, 2.24) is 14.5 Å². The summed E-state index contributed by atoms with van der Waals surface area (Å²) in [5.41, 5.74) is -0.00675. The monoisotopic (exact) mass is 394 g/mol. The van der Waals surface area contributed by atoms with Gasteiger partial charge in [-0.05, 0) is 18.2 Å². The van der Waals surface area contributed by atoms with E-state index in [9.17, 15) is 17.6 Å². The molecule has 7 nitrogen and oxygen atoms in total. The van der Waals surface area contributed by atoms with Gasteiger partial charge < -0.3 is 8.98 Å². The highest BCUT2D eigenvalue weighted by molar-refractivity contribution is 5.80. The minimum absolute atomic E-state index is 0.0215. The largest absolute Gasteiger partial charge is 0.423 e. The van der Waals surface area contributed by atoms with Crippen molar-refractivity contribution in [3.8, 4) is 0 Å². The lowest BCUT2D eigenvalue weighted by molar-refractivity contribution is -0.191. The molecule has 1 N–H and O–H groups in total. The Morgan fingerprint density at radius 3 is 2.43 bits per heavy atom. The van der Waals surface area contributed by atoms with Gasteiger partial charge in [-0.15, -0.1) is 0 Å². The molecule has 4 rings (SSSR count). The summed E-state index contributed by atoms with van der Waals surface area (Å²) >= 11 is 0. The molecule has 0 unspecified atom stereocenters. The second-order valence-corrected chi connectivity index (χ2v) is 5.51. The molecule has 0 fully saturated rings. The van der Waals surface area contributed by atoms with E-state index in [1.165, 1.54) is 0 Å². The molecular weight excluding hydrogens is 384 g/mol. The molecule has 0 amide bonds. The number of aromatic nitrogens is 3. The summed E-state index contributed by atoms with van der Waals surface area (Å²) in [5, 5.41) is 2.80. The fourth-order valence-corrected chi connectivity index (χ4v) is 2.57. The van der Waals surface area contributed by atoms with E-state index in [1.807, 2.05) is 24.3 Å². The van der Waals surface area contributed by atoms with Gasteiger partial charge in [-0.2, -0.15) is 27.7 Å². The van der Waals surface area contributed by atoms with E-state index < -0.39 is 17.6 Å². The number of alkyl halides is 3. The Balaban J connectivity index is 0.000000706. The lowest BCUT2D eigenvalue weighted by Gasteiger charge is -2.06. The maximum Gasteiger partial charge on any atom is 0.419 e. The molecule has 144 valence electrons. The summed E-state index contributed by atoms with van der Waals surface area (Å²) in [6, 6.07) is 8.59. The number of aryl methyl sites for hydroxylation is 1. The Labute approximate surface area is 153 Å². The number of hydrogen-bond donors (Lipinski definition) is 1. The number of oxazole rings is 1. The number of rotatable bonds is 2. The molecule has 0 saturated carbocycles. The summed E-state index contributed by atoms with van der Waals surface area (Å²) in [4.78, 5) is 24.6. The molecule has 0 spiro atoms. The topological polar surface area (TPSA) is 90.0 Å². The summed E-state index contributed by atoms with van der Waals surface area (Å²) in [6.45, 7) is 0. The SMILES string of the molecule is Cn1c(Nc2nc3cc(F)c(C(F)(F)F)cc3o2)nc2ccccc21.O=C=O. The molecule has 11 heteroatoms. The predicted octanol–water partition coefficient (Wildman–Crippen LogP) is 4.03. The molecule has 4 aromatic rings. The number of halogens is 4. The predicted molar refractivity (Wildman–Crippen MR) is 88.0 cm³/mol. The Morgan fingerprint density at radius 2 is 1.79 bits per heavy atom. The van der Waals surface area contributed by atoms with Crippen LogP contribution in [-0.2, 0) is 22.8 Å². The number of carbonyl (C=O) groups excluding carboxylic acids is 2. The zero-order valence-electron chi connectivity index (χ0n) is 14.0. The first kappa shape index (κ1) is 19.1. The maximum atomic E-state index is 13.6. The lowest BCUT2D eigenvalue weighted by atomic mass is 10.2. The van der Waals surface area contributed by atoms with Crippen molar-refractivity contribution in [2.45, 2.75) is 6.18 Å². The van der Waals surface area contributed by atoms with Crippen molar-refractivity contribution in [2.24, 2.45) is 7.05 Å². The molecule has 0 aliphatic rings. The van der Waals surface area contributed by atoms with Gasteiger partial charge in [0.15, 0.2) is 5.58 Å². The van der Waals surface area contributed by atoms with Gasteiger partial charge >= 0.3 is 18.3 Å². The normalized spacial score (nSPS) is 11.2. The first-order chi connectivity index (χ1) is 13.2. The van der Waals surface area contributed by atoms with Crippen LogP contribution < -0.4 is 5.32 Å². The van der Waals surface area contributed by atoms with E-state index in [0.717, 1.165) is 11.0 Å². The standard InChI is InChI=1S/C16H10F4N4O.CO2/c1-24-12-5-3-2-4-10(12)21-14(24)23-15-22-11-7-9(17)8(16(18,19)20)6-13(11)25-15;2-1-3/h2-7H,1H3,(H,21,22,23);. The van der Waals surface area contributed by atoms with Crippen molar-refractivity contribution in [3.05, 3.63) is 47.8 Å². The molecule has 0 atom stereocenters.